The molecule has 0 aliphatic rings. The van der Waals surface area contributed by atoms with Gasteiger partial charge in [-0.3, -0.25) is 0 Å². The number of nitrogens with zero attached hydrogens (tertiary/aromatic N) is 1. The SMILES string of the molecule is Cc1oncc1-c1cccc(C(C)(C)C)c1. The molecule has 2 nitrogen and oxygen atoms in total. The van der Waals surface area contributed by atoms with Gasteiger partial charge in [0.15, 0.2) is 0 Å². The van der Waals surface area contributed by atoms with Gasteiger partial charge in [-0.05, 0) is 23.5 Å². The van der Waals surface area contributed by atoms with Gasteiger partial charge in [-0.1, -0.05) is 50.2 Å². The van der Waals surface area contributed by atoms with Crippen molar-refractivity contribution in [3.8, 4) is 11.1 Å². The Balaban J connectivity index is 2.49. The molecule has 0 saturated heterocycles. The summed E-state index contributed by atoms with van der Waals surface area (Å²) in [5.41, 5.74) is 3.74. The Kier molecular flexibility index (Phi) is 2.58. The van der Waals surface area contributed by atoms with Crippen molar-refractivity contribution in [2.24, 2.45) is 0 Å². The minimum absolute atomic E-state index is 0.168. The highest BCUT2D eigenvalue weighted by Crippen LogP contribution is 2.28. The maximum absolute atomic E-state index is 5.09. The van der Waals surface area contributed by atoms with Crippen LogP contribution < -0.4 is 0 Å². The molecule has 0 unspecified atom stereocenters. The van der Waals surface area contributed by atoms with Crippen molar-refractivity contribution in [3.63, 3.8) is 0 Å². The molecule has 0 saturated carbocycles. The molecule has 0 spiro atoms. The first kappa shape index (κ1) is 10.9. The Labute approximate surface area is 96.3 Å². The smallest absolute Gasteiger partial charge is 0.141 e. The van der Waals surface area contributed by atoms with Gasteiger partial charge in [-0.25, -0.2) is 0 Å². The Morgan fingerprint density at radius 1 is 1.19 bits per heavy atom. The van der Waals surface area contributed by atoms with Crippen LogP contribution in [0.2, 0.25) is 0 Å². The van der Waals surface area contributed by atoms with Crippen molar-refractivity contribution in [1.82, 2.24) is 5.16 Å². The number of hydrogen-bond acceptors (Lipinski definition) is 2. The summed E-state index contributed by atoms with van der Waals surface area (Å²) >= 11 is 0. The van der Waals surface area contributed by atoms with E-state index in [0.29, 0.717) is 0 Å². The van der Waals surface area contributed by atoms with Crippen LogP contribution in [-0.2, 0) is 5.41 Å². The molecule has 1 aromatic carbocycles. The molecule has 0 atom stereocenters. The van der Waals surface area contributed by atoms with Crippen LogP contribution in [0.5, 0.6) is 0 Å². The average Bonchev–Trinajstić information content (AvgIpc) is 2.63. The number of benzene rings is 1. The topological polar surface area (TPSA) is 26.0 Å². The van der Waals surface area contributed by atoms with E-state index in [0.717, 1.165) is 11.3 Å². The van der Waals surface area contributed by atoms with Crippen LogP contribution >= 0.6 is 0 Å². The molecule has 0 fully saturated rings. The van der Waals surface area contributed by atoms with Crippen LogP contribution in [0.25, 0.3) is 11.1 Å². The second-order valence-corrected chi connectivity index (χ2v) is 5.13. The highest BCUT2D eigenvalue weighted by atomic mass is 16.5. The van der Waals surface area contributed by atoms with E-state index in [2.05, 4.69) is 50.2 Å². The van der Waals surface area contributed by atoms with Crippen LogP contribution in [0.4, 0.5) is 0 Å². The van der Waals surface area contributed by atoms with Crippen molar-refractivity contribution >= 4 is 0 Å². The average molecular weight is 215 g/mol. The van der Waals surface area contributed by atoms with Gasteiger partial charge >= 0.3 is 0 Å². The molecule has 2 aromatic rings. The van der Waals surface area contributed by atoms with Crippen molar-refractivity contribution in [1.29, 1.82) is 0 Å². The lowest BCUT2D eigenvalue weighted by Gasteiger charge is -2.19. The third-order valence-electron chi connectivity index (χ3n) is 2.79. The van der Waals surface area contributed by atoms with E-state index in [9.17, 15) is 0 Å². The predicted octanol–water partition coefficient (Wildman–Crippen LogP) is 3.95. The molecule has 0 aliphatic heterocycles. The summed E-state index contributed by atoms with van der Waals surface area (Å²) in [5.74, 6) is 0.867. The molecule has 0 amide bonds. The van der Waals surface area contributed by atoms with E-state index in [4.69, 9.17) is 4.52 Å². The zero-order valence-electron chi connectivity index (χ0n) is 10.2. The summed E-state index contributed by atoms with van der Waals surface area (Å²) in [6, 6.07) is 8.54. The molecule has 0 radical (unpaired) electrons. The van der Waals surface area contributed by atoms with Crippen LogP contribution in [0.15, 0.2) is 35.0 Å². The fourth-order valence-corrected chi connectivity index (χ4v) is 1.73. The van der Waals surface area contributed by atoms with Gasteiger partial charge in [-0.2, -0.15) is 0 Å². The molecule has 2 heteroatoms. The van der Waals surface area contributed by atoms with E-state index < -0.39 is 0 Å². The second kappa shape index (κ2) is 3.78. The zero-order valence-corrected chi connectivity index (χ0v) is 10.2. The maximum atomic E-state index is 5.09. The summed E-state index contributed by atoms with van der Waals surface area (Å²) in [4.78, 5) is 0. The molecular weight excluding hydrogens is 198 g/mol. The molecule has 0 N–H and O–H groups in total. The first-order valence-electron chi connectivity index (χ1n) is 5.50. The molecule has 84 valence electrons. The fourth-order valence-electron chi connectivity index (χ4n) is 1.73. The monoisotopic (exact) mass is 215 g/mol. The van der Waals surface area contributed by atoms with Gasteiger partial charge in [0.25, 0.3) is 0 Å². The van der Waals surface area contributed by atoms with Crippen LogP contribution in [0, 0.1) is 6.92 Å². The van der Waals surface area contributed by atoms with Crippen molar-refractivity contribution in [3.05, 3.63) is 41.8 Å². The van der Waals surface area contributed by atoms with Crippen molar-refractivity contribution in [2.75, 3.05) is 0 Å². The van der Waals surface area contributed by atoms with Gasteiger partial charge in [0, 0.05) is 5.56 Å². The first-order chi connectivity index (χ1) is 7.48. The van der Waals surface area contributed by atoms with Crippen LogP contribution in [0.1, 0.15) is 32.1 Å². The third kappa shape index (κ3) is 2.01. The highest BCUT2D eigenvalue weighted by molar-refractivity contribution is 5.65. The molecule has 1 heterocycles. The summed E-state index contributed by atoms with van der Waals surface area (Å²) < 4.78 is 5.09. The fraction of sp³-hybridized carbons (Fsp3) is 0.357. The van der Waals surface area contributed by atoms with Crippen molar-refractivity contribution in [2.45, 2.75) is 33.1 Å². The lowest BCUT2D eigenvalue weighted by molar-refractivity contribution is 0.398. The van der Waals surface area contributed by atoms with Gasteiger partial charge in [0.1, 0.15) is 5.76 Å². The quantitative estimate of drug-likeness (QED) is 0.720. The lowest BCUT2D eigenvalue weighted by atomic mass is 9.85. The summed E-state index contributed by atoms with van der Waals surface area (Å²) in [7, 11) is 0. The van der Waals surface area contributed by atoms with Gasteiger partial charge in [0.2, 0.25) is 0 Å². The summed E-state index contributed by atoms with van der Waals surface area (Å²) in [6.07, 6.45) is 1.77. The summed E-state index contributed by atoms with van der Waals surface area (Å²) in [6.45, 7) is 8.58. The zero-order chi connectivity index (χ0) is 11.8. The highest BCUT2D eigenvalue weighted by Gasteiger charge is 2.15. The molecule has 1 aromatic heterocycles. The predicted molar refractivity (Wildman–Crippen MR) is 65.4 cm³/mol. The largest absolute Gasteiger partial charge is 0.361 e. The second-order valence-electron chi connectivity index (χ2n) is 5.13. The van der Waals surface area contributed by atoms with Gasteiger partial charge < -0.3 is 4.52 Å². The van der Waals surface area contributed by atoms with Gasteiger partial charge in [0.05, 0.1) is 6.20 Å². The first-order valence-corrected chi connectivity index (χ1v) is 5.50. The minimum Gasteiger partial charge on any atom is -0.361 e. The Hall–Kier alpha value is -1.57. The number of rotatable bonds is 1. The van der Waals surface area contributed by atoms with E-state index >= 15 is 0 Å². The van der Waals surface area contributed by atoms with Crippen LogP contribution in [0.3, 0.4) is 0 Å². The van der Waals surface area contributed by atoms with Crippen LogP contribution in [-0.4, -0.2) is 5.16 Å². The molecule has 16 heavy (non-hydrogen) atoms. The minimum atomic E-state index is 0.168. The molecule has 0 aliphatic carbocycles. The Morgan fingerprint density at radius 3 is 2.50 bits per heavy atom. The Bertz CT molecular complexity index is 491. The number of aryl methyl sites for hydroxylation is 1. The summed E-state index contributed by atoms with van der Waals surface area (Å²) in [5, 5.41) is 3.81. The van der Waals surface area contributed by atoms with Gasteiger partial charge in [-0.15, -0.1) is 0 Å². The van der Waals surface area contributed by atoms with E-state index in [1.54, 1.807) is 6.20 Å². The maximum Gasteiger partial charge on any atom is 0.141 e. The van der Waals surface area contributed by atoms with Crippen molar-refractivity contribution < 1.29 is 4.52 Å². The van der Waals surface area contributed by atoms with E-state index in [1.165, 1.54) is 11.1 Å². The third-order valence-corrected chi connectivity index (χ3v) is 2.79. The molecular formula is C14H17NO. The normalized spacial score (nSPS) is 11.8. The standard InChI is InChI=1S/C14H17NO/c1-10-13(9-15-16-10)11-6-5-7-12(8-11)14(2,3)4/h5-9H,1-4H3. The van der Waals surface area contributed by atoms with E-state index in [1.807, 2.05) is 6.92 Å². The number of hydrogen-bond donors (Lipinski definition) is 0. The molecule has 2 rings (SSSR count). The molecule has 0 bridgehead atoms. The lowest BCUT2D eigenvalue weighted by Crippen LogP contribution is -2.10. The van der Waals surface area contributed by atoms with E-state index in [-0.39, 0.29) is 5.41 Å². The Morgan fingerprint density at radius 2 is 1.94 bits per heavy atom. The number of aromatic nitrogens is 1.